The highest BCUT2D eigenvalue weighted by atomic mass is 16.6. The predicted octanol–water partition coefficient (Wildman–Crippen LogP) is 0.662. The normalized spacial score (nSPS) is 24.2. The van der Waals surface area contributed by atoms with Crippen molar-refractivity contribution in [3.8, 4) is 0 Å². The van der Waals surface area contributed by atoms with Crippen molar-refractivity contribution < 1.29 is 19.1 Å². The number of nitrogens with one attached hydrogen (secondary N) is 2. The predicted molar refractivity (Wildman–Crippen MR) is 66.2 cm³/mol. The Bertz CT molecular complexity index is 312. The Morgan fingerprint density at radius 3 is 2.50 bits per heavy atom. The topological polar surface area (TPSA) is 76.7 Å². The van der Waals surface area contributed by atoms with E-state index < -0.39 is 11.7 Å². The van der Waals surface area contributed by atoms with Gasteiger partial charge in [-0.05, 0) is 27.2 Å². The summed E-state index contributed by atoms with van der Waals surface area (Å²) in [7, 11) is 1.37. The van der Waals surface area contributed by atoms with Gasteiger partial charge in [-0.3, -0.25) is 4.79 Å². The minimum absolute atomic E-state index is 0.113. The number of piperidine rings is 1. The third kappa shape index (κ3) is 4.91. The molecule has 0 saturated carbocycles. The van der Waals surface area contributed by atoms with E-state index in [1.165, 1.54) is 7.11 Å². The van der Waals surface area contributed by atoms with Crippen LogP contribution in [0.3, 0.4) is 0 Å². The molecular formula is C12H22N2O4. The average molecular weight is 258 g/mol. The zero-order valence-corrected chi connectivity index (χ0v) is 11.4. The quantitative estimate of drug-likeness (QED) is 0.712. The van der Waals surface area contributed by atoms with Crippen molar-refractivity contribution in [3.63, 3.8) is 0 Å². The minimum atomic E-state index is -0.520. The number of rotatable bonds is 2. The molecule has 18 heavy (non-hydrogen) atoms. The summed E-state index contributed by atoms with van der Waals surface area (Å²) in [5.41, 5.74) is -0.520. The lowest BCUT2D eigenvalue weighted by atomic mass is 9.96. The van der Waals surface area contributed by atoms with Gasteiger partial charge in [-0.15, -0.1) is 0 Å². The van der Waals surface area contributed by atoms with E-state index in [0.29, 0.717) is 19.5 Å². The fraction of sp³-hybridized carbons (Fsp3) is 0.833. The summed E-state index contributed by atoms with van der Waals surface area (Å²) in [6.07, 6.45) is 0.110. The lowest BCUT2D eigenvalue weighted by molar-refractivity contribution is -0.146. The summed E-state index contributed by atoms with van der Waals surface area (Å²) in [6.45, 7) is 6.64. The zero-order chi connectivity index (χ0) is 13.8. The monoisotopic (exact) mass is 258 g/mol. The van der Waals surface area contributed by atoms with Gasteiger partial charge in [0.1, 0.15) is 5.60 Å². The molecular weight excluding hydrogens is 236 g/mol. The standard InChI is InChI=1S/C12H22N2O4/c1-12(2,3)18-11(16)14-9-5-8(6-13-7-9)10(15)17-4/h8-9,13H,5-7H2,1-4H3,(H,14,16)/t8-,9-/m0/s1. The summed E-state index contributed by atoms with van der Waals surface area (Å²) in [6, 6.07) is -0.113. The molecule has 2 N–H and O–H groups in total. The van der Waals surface area contributed by atoms with Crippen LogP contribution in [-0.4, -0.2) is 43.9 Å². The molecule has 1 saturated heterocycles. The molecule has 0 aliphatic carbocycles. The van der Waals surface area contributed by atoms with E-state index in [1.807, 2.05) is 20.8 Å². The van der Waals surface area contributed by atoms with Gasteiger partial charge < -0.3 is 20.1 Å². The van der Waals surface area contributed by atoms with Crippen molar-refractivity contribution in [1.29, 1.82) is 0 Å². The number of carbonyl (C=O) groups excluding carboxylic acids is 2. The molecule has 0 aromatic rings. The number of hydrogen-bond acceptors (Lipinski definition) is 5. The Labute approximate surface area is 107 Å². The van der Waals surface area contributed by atoms with Crippen LogP contribution in [0.4, 0.5) is 4.79 Å². The van der Waals surface area contributed by atoms with Crippen LogP contribution in [0.15, 0.2) is 0 Å². The molecule has 1 heterocycles. The molecule has 2 atom stereocenters. The highest BCUT2D eigenvalue weighted by molar-refractivity contribution is 5.73. The number of alkyl carbamates (subject to hydrolysis) is 1. The Hall–Kier alpha value is -1.30. The van der Waals surface area contributed by atoms with Crippen LogP contribution in [0, 0.1) is 5.92 Å². The molecule has 1 aliphatic rings. The van der Waals surface area contributed by atoms with Crippen LogP contribution in [0.25, 0.3) is 0 Å². The van der Waals surface area contributed by atoms with Gasteiger partial charge in [0.2, 0.25) is 0 Å². The third-order valence-corrected chi connectivity index (χ3v) is 2.61. The van der Waals surface area contributed by atoms with E-state index in [-0.39, 0.29) is 17.9 Å². The SMILES string of the molecule is COC(=O)[C@@H]1CNC[C@@H](NC(=O)OC(C)(C)C)C1. The van der Waals surface area contributed by atoms with Crippen LogP contribution in [-0.2, 0) is 14.3 Å². The summed E-state index contributed by atoms with van der Waals surface area (Å²) >= 11 is 0. The number of ether oxygens (including phenoxy) is 2. The van der Waals surface area contributed by atoms with Gasteiger partial charge in [-0.2, -0.15) is 0 Å². The highest BCUT2D eigenvalue weighted by Crippen LogP contribution is 2.13. The van der Waals surface area contributed by atoms with E-state index in [9.17, 15) is 9.59 Å². The van der Waals surface area contributed by atoms with Gasteiger partial charge in [-0.1, -0.05) is 0 Å². The third-order valence-electron chi connectivity index (χ3n) is 2.61. The maximum Gasteiger partial charge on any atom is 0.407 e. The Morgan fingerprint density at radius 1 is 1.28 bits per heavy atom. The summed E-state index contributed by atoms with van der Waals surface area (Å²) in [5.74, 6) is -0.470. The first-order valence-corrected chi connectivity index (χ1v) is 6.10. The maximum absolute atomic E-state index is 11.6. The van der Waals surface area contributed by atoms with Gasteiger partial charge in [0.05, 0.1) is 13.0 Å². The lowest BCUT2D eigenvalue weighted by Crippen LogP contribution is -2.51. The average Bonchev–Trinajstić information content (AvgIpc) is 2.25. The molecule has 0 unspecified atom stereocenters. The maximum atomic E-state index is 11.6. The van der Waals surface area contributed by atoms with Crippen molar-refractivity contribution in [1.82, 2.24) is 10.6 Å². The molecule has 1 aliphatic heterocycles. The number of methoxy groups -OCH3 is 1. The molecule has 104 valence electrons. The van der Waals surface area contributed by atoms with E-state index >= 15 is 0 Å². The molecule has 0 radical (unpaired) electrons. The molecule has 0 spiro atoms. The molecule has 1 amide bonds. The number of carbonyl (C=O) groups is 2. The largest absolute Gasteiger partial charge is 0.469 e. The van der Waals surface area contributed by atoms with E-state index in [4.69, 9.17) is 9.47 Å². The molecule has 1 fully saturated rings. The fourth-order valence-electron chi connectivity index (χ4n) is 1.87. The van der Waals surface area contributed by atoms with Gasteiger partial charge in [0.25, 0.3) is 0 Å². The highest BCUT2D eigenvalue weighted by Gasteiger charge is 2.29. The molecule has 0 bridgehead atoms. The van der Waals surface area contributed by atoms with Crippen molar-refractivity contribution in [2.75, 3.05) is 20.2 Å². The Kier molecular flexibility index (Phi) is 4.95. The Morgan fingerprint density at radius 2 is 1.94 bits per heavy atom. The fourth-order valence-corrected chi connectivity index (χ4v) is 1.87. The van der Waals surface area contributed by atoms with Gasteiger partial charge in [0.15, 0.2) is 0 Å². The van der Waals surface area contributed by atoms with Crippen molar-refractivity contribution in [2.24, 2.45) is 5.92 Å². The lowest BCUT2D eigenvalue weighted by Gasteiger charge is -2.30. The van der Waals surface area contributed by atoms with Gasteiger partial charge in [0, 0.05) is 19.1 Å². The van der Waals surface area contributed by atoms with Crippen molar-refractivity contribution in [3.05, 3.63) is 0 Å². The second kappa shape index (κ2) is 6.04. The smallest absolute Gasteiger partial charge is 0.407 e. The van der Waals surface area contributed by atoms with Crippen LogP contribution in [0.5, 0.6) is 0 Å². The molecule has 6 heteroatoms. The van der Waals surface area contributed by atoms with Gasteiger partial charge in [-0.25, -0.2) is 4.79 Å². The van der Waals surface area contributed by atoms with Crippen LogP contribution in [0.1, 0.15) is 27.2 Å². The van der Waals surface area contributed by atoms with Crippen molar-refractivity contribution >= 4 is 12.1 Å². The summed E-state index contributed by atoms with van der Waals surface area (Å²) in [5, 5.41) is 5.85. The van der Waals surface area contributed by atoms with Gasteiger partial charge >= 0.3 is 12.1 Å². The van der Waals surface area contributed by atoms with E-state index in [1.54, 1.807) is 0 Å². The van der Waals surface area contributed by atoms with E-state index in [0.717, 1.165) is 0 Å². The second-order valence-corrected chi connectivity index (χ2v) is 5.46. The first kappa shape index (κ1) is 14.8. The summed E-state index contributed by atoms with van der Waals surface area (Å²) in [4.78, 5) is 23.0. The zero-order valence-electron chi connectivity index (χ0n) is 11.4. The van der Waals surface area contributed by atoms with Crippen LogP contribution < -0.4 is 10.6 Å². The first-order chi connectivity index (χ1) is 8.31. The minimum Gasteiger partial charge on any atom is -0.469 e. The van der Waals surface area contributed by atoms with E-state index in [2.05, 4.69) is 10.6 Å². The molecule has 0 aromatic carbocycles. The number of amides is 1. The first-order valence-electron chi connectivity index (χ1n) is 6.10. The molecule has 0 aromatic heterocycles. The number of hydrogen-bond donors (Lipinski definition) is 2. The van der Waals surface area contributed by atoms with Crippen LogP contribution in [0.2, 0.25) is 0 Å². The Balaban J connectivity index is 2.43. The molecule has 6 nitrogen and oxygen atoms in total. The van der Waals surface area contributed by atoms with Crippen LogP contribution >= 0.6 is 0 Å². The number of esters is 1. The van der Waals surface area contributed by atoms with Crippen molar-refractivity contribution in [2.45, 2.75) is 38.8 Å². The second-order valence-electron chi connectivity index (χ2n) is 5.46. The summed E-state index contributed by atoms with van der Waals surface area (Å²) < 4.78 is 9.87. The molecule has 1 rings (SSSR count).